The molecule has 0 fully saturated rings. The van der Waals surface area contributed by atoms with Crippen LogP contribution in [0.3, 0.4) is 0 Å². The Hall–Kier alpha value is -1.38. The molecule has 1 aliphatic heterocycles. The molecule has 168 valence electrons. The van der Waals surface area contributed by atoms with Gasteiger partial charge in [-0.25, -0.2) is 0 Å². The first kappa shape index (κ1) is 23.4. The topological polar surface area (TPSA) is 50.2 Å². The summed E-state index contributed by atoms with van der Waals surface area (Å²) < 4.78 is 4.54. The van der Waals surface area contributed by atoms with Crippen LogP contribution in [0, 0.1) is 0 Å². The molecule has 1 aliphatic rings. The molecule has 2 aromatic carbocycles. The second-order valence-electron chi connectivity index (χ2n) is 7.50. The van der Waals surface area contributed by atoms with Gasteiger partial charge >= 0.3 is 225 Å². The molecule has 1 N–H and O–H groups in total. The fraction of sp³-hybridized carbons (Fsp3) is 0.130. The van der Waals surface area contributed by atoms with Crippen molar-refractivity contribution in [2.24, 2.45) is 0 Å². The first-order chi connectivity index (χ1) is 15.9. The minimum atomic E-state index is -0.274. The van der Waals surface area contributed by atoms with Gasteiger partial charge in [0.25, 0.3) is 0 Å². The van der Waals surface area contributed by atoms with Crippen molar-refractivity contribution in [3.8, 4) is 15.8 Å². The van der Waals surface area contributed by atoms with Crippen LogP contribution >= 0.6 is 55.1 Å². The molecule has 0 unspecified atom stereocenters. The van der Waals surface area contributed by atoms with Crippen LogP contribution in [-0.2, 0) is 13.0 Å². The Morgan fingerprint density at radius 1 is 1.06 bits per heavy atom. The average molecular weight is 674 g/mol. The molecule has 0 aliphatic carbocycles. The molecule has 33 heavy (non-hydrogen) atoms. The Morgan fingerprint density at radius 2 is 1.85 bits per heavy atom. The number of benzene rings is 2. The molecule has 5 nitrogen and oxygen atoms in total. The molecule has 0 radical (unpaired) electrons. The number of halogens is 4. The van der Waals surface area contributed by atoms with Crippen LogP contribution in [0.5, 0.6) is 0 Å². The van der Waals surface area contributed by atoms with Gasteiger partial charge in [0, 0.05) is 0 Å². The quantitative estimate of drug-likeness (QED) is 0.265. The van der Waals surface area contributed by atoms with Crippen molar-refractivity contribution in [1.82, 2.24) is 20.2 Å². The second kappa shape index (κ2) is 9.70. The summed E-state index contributed by atoms with van der Waals surface area (Å²) in [5.41, 5.74) is 7.33. The van der Waals surface area contributed by atoms with Crippen molar-refractivity contribution >= 4 is 75.5 Å². The third-order valence-electron chi connectivity index (χ3n) is 5.38. The van der Waals surface area contributed by atoms with Crippen LogP contribution in [0.25, 0.3) is 15.8 Å². The van der Waals surface area contributed by atoms with Gasteiger partial charge in [-0.1, -0.05) is 0 Å². The van der Waals surface area contributed by atoms with Crippen molar-refractivity contribution in [3.05, 3.63) is 89.3 Å². The first-order valence-electron chi connectivity index (χ1n) is 10.0. The number of hydrazine groups is 1. The van der Waals surface area contributed by atoms with Crippen molar-refractivity contribution in [2.75, 3.05) is 6.54 Å². The fourth-order valence-electron chi connectivity index (χ4n) is 3.81. The Kier molecular flexibility index (Phi) is 6.87. The van der Waals surface area contributed by atoms with E-state index >= 15 is 0 Å². The van der Waals surface area contributed by atoms with Crippen LogP contribution in [0.4, 0.5) is 0 Å². The number of hydrogen-bond acceptors (Lipinski definition) is 3. The van der Waals surface area contributed by atoms with E-state index in [0.29, 0.717) is 32.4 Å². The van der Waals surface area contributed by atoms with E-state index in [1.54, 1.807) is 16.8 Å². The standard InChI is InChI=1S/C23H16Br2Cl2N4OSe/c24-19-8-7-18(33-19)22-20(25)21(28-31(22)17-6-5-15(26)11-16(17)27)23(32)29-30-10-9-13-3-1-2-4-14(13)12-30/h1-8,11H,9-10,12H2,(H,29,32). The summed E-state index contributed by atoms with van der Waals surface area (Å²) >= 11 is 19.9. The van der Waals surface area contributed by atoms with Crippen LogP contribution in [0.1, 0.15) is 21.6 Å². The Labute approximate surface area is 223 Å². The number of rotatable bonds is 4. The van der Waals surface area contributed by atoms with E-state index in [2.05, 4.69) is 54.5 Å². The summed E-state index contributed by atoms with van der Waals surface area (Å²) in [6, 6.07) is 17.6. The third-order valence-corrected chi connectivity index (χ3v) is 9.62. The van der Waals surface area contributed by atoms with E-state index in [1.165, 1.54) is 11.1 Å². The summed E-state index contributed by atoms with van der Waals surface area (Å²) in [7, 11) is 0. The zero-order valence-corrected chi connectivity index (χ0v) is 23.4. The first-order valence-corrected chi connectivity index (χ1v) is 14.1. The third kappa shape index (κ3) is 4.76. The fourth-order valence-corrected chi connectivity index (χ4v) is 7.89. The SMILES string of the molecule is O=C(NN1CCc2ccccc2C1)c1nn(-c2ccc(Cl)cc2Cl)c(-c2ccc(Br)[se]2)c1Br. The van der Waals surface area contributed by atoms with Crippen LogP contribution in [0.2, 0.25) is 10.0 Å². The zero-order valence-electron chi connectivity index (χ0n) is 17.0. The van der Waals surface area contributed by atoms with E-state index in [4.69, 9.17) is 23.2 Å². The van der Waals surface area contributed by atoms with Crippen molar-refractivity contribution < 1.29 is 4.79 Å². The van der Waals surface area contributed by atoms with Gasteiger partial charge in [0.05, 0.1) is 0 Å². The zero-order chi connectivity index (χ0) is 23.1. The van der Waals surface area contributed by atoms with Crippen molar-refractivity contribution in [3.63, 3.8) is 0 Å². The number of carbonyl (C=O) groups is 1. The van der Waals surface area contributed by atoms with Crippen LogP contribution in [0.15, 0.2) is 62.4 Å². The summed E-state index contributed by atoms with van der Waals surface area (Å²) in [5.74, 6) is -0.274. The van der Waals surface area contributed by atoms with Crippen molar-refractivity contribution in [1.29, 1.82) is 0 Å². The van der Waals surface area contributed by atoms with Gasteiger partial charge in [-0.05, 0) is 0 Å². The molecule has 2 aromatic heterocycles. The van der Waals surface area contributed by atoms with Gasteiger partial charge in [0.2, 0.25) is 0 Å². The predicted molar refractivity (Wildman–Crippen MR) is 139 cm³/mol. The minimum absolute atomic E-state index is 0.0591. The van der Waals surface area contributed by atoms with E-state index in [9.17, 15) is 4.79 Å². The van der Waals surface area contributed by atoms with Gasteiger partial charge in [-0.2, -0.15) is 0 Å². The van der Waals surface area contributed by atoms with Gasteiger partial charge < -0.3 is 0 Å². The summed E-state index contributed by atoms with van der Waals surface area (Å²) in [5, 5.41) is 7.61. The van der Waals surface area contributed by atoms with Crippen molar-refractivity contribution in [2.45, 2.75) is 13.0 Å². The number of amides is 1. The molecule has 3 heterocycles. The Balaban J connectivity index is 1.51. The number of carbonyl (C=O) groups excluding carboxylic acids is 1. The van der Waals surface area contributed by atoms with Gasteiger partial charge in [0.1, 0.15) is 0 Å². The average Bonchev–Trinajstić information content (AvgIpc) is 3.36. The van der Waals surface area contributed by atoms with Gasteiger partial charge in [0.15, 0.2) is 0 Å². The van der Waals surface area contributed by atoms with Gasteiger partial charge in [-0.3, -0.25) is 0 Å². The molecular weight excluding hydrogens is 658 g/mol. The summed E-state index contributed by atoms with van der Waals surface area (Å²) in [6.45, 7) is 1.39. The molecule has 0 bridgehead atoms. The maximum absolute atomic E-state index is 13.3. The molecule has 4 aromatic rings. The molecule has 5 rings (SSSR count). The predicted octanol–water partition coefficient (Wildman–Crippen LogP) is 6.13. The van der Waals surface area contributed by atoms with Crippen LogP contribution < -0.4 is 5.43 Å². The normalized spacial score (nSPS) is 13.7. The Morgan fingerprint density at radius 3 is 2.58 bits per heavy atom. The van der Waals surface area contributed by atoms with E-state index in [1.807, 2.05) is 35.3 Å². The molecule has 0 saturated heterocycles. The monoisotopic (exact) mass is 672 g/mol. The van der Waals surface area contributed by atoms with E-state index in [-0.39, 0.29) is 20.4 Å². The number of nitrogens with one attached hydrogen (secondary N) is 1. The van der Waals surface area contributed by atoms with Gasteiger partial charge in [-0.15, -0.1) is 0 Å². The molecule has 0 saturated carbocycles. The number of nitrogens with zero attached hydrogens (tertiary/aromatic N) is 3. The molecule has 0 atom stereocenters. The summed E-state index contributed by atoms with van der Waals surface area (Å²) in [6.07, 6.45) is 0.882. The van der Waals surface area contributed by atoms with Crippen LogP contribution in [-0.4, -0.2) is 41.7 Å². The van der Waals surface area contributed by atoms with E-state index < -0.39 is 0 Å². The molecule has 10 heteroatoms. The number of fused-ring (bicyclic) bond motifs is 1. The maximum atomic E-state index is 13.3. The second-order valence-corrected chi connectivity index (χ2v) is 13.4. The Bertz CT molecular complexity index is 1370. The number of aromatic nitrogens is 2. The van der Waals surface area contributed by atoms with E-state index in [0.717, 1.165) is 26.4 Å². The molecular formula is C23H16Br2Cl2N4OSe. The number of hydrogen-bond donors (Lipinski definition) is 1. The molecule has 0 spiro atoms. The molecule has 1 amide bonds. The summed E-state index contributed by atoms with van der Waals surface area (Å²) in [4.78, 5) is 13.3.